The molecule has 1 fully saturated rings. The second kappa shape index (κ2) is 8.24. The minimum atomic E-state index is -1.03. The van der Waals surface area contributed by atoms with E-state index in [9.17, 15) is 14.7 Å². The number of carboxylic acids is 1. The van der Waals surface area contributed by atoms with Crippen molar-refractivity contribution in [2.75, 3.05) is 12.0 Å². The number of amides is 1. The van der Waals surface area contributed by atoms with Gasteiger partial charge in [0, 0.05) is 0 Å². The molecule has 0 unspecified atom stereocenters. The molecule has 7 heteroatoms. The van der Waals surface area contributed by atoms with E-state index in [1.807, 2.05) is 48.7 Å². The summed E-state index contributed by atoms with van der Waals surface area (Å²) in [6, 6.07) is 13.0. The van der Waals surface area contributed by atoms with E-state index in [4.69, 9.17) is 12.2 Å². The largest absolute Gasteiger partial charge is 0.480 e. The number of carbonyl (C=O) groups excluding carboxylic acids is 1. The van der Waals surface area contributed by atoms with E-state index in [2.05, 4.69) is 0 Å². The summed E-state index contributed by atoms with van der Waals surface area (Å²) in [5, 5.41) is 11.7. The fraction of sp³-hybridized carbons (Fsp3) is 0.211. The van der Waals surface area contributed by atoms with Gasteiger partial charge in [-0.25, -0.2) is 4.79 Å². The second-order valence-electron chi connectivity index (χ2n) is 5.79. The van der Waals surface area contributed by atoms with Crippen molar-refractivity contribution in [3.05, 3.63) is 52.9 Å². The van der Waals surface area contributed by atoms with Crippen LogP contribution >= 0.6 is 35.7 Å². The molecule has 3 rings (SSSR count). The quantitative estimate of drug-likeness (QED) is 0.575. The highest BCUT2D eigenvalue weighted by Crippen LogP contribution is 2.35. The van der Waals surface area contributed by atoms with E-state index >= 15 is 0 Å². The molecule has 0 spiro atoms. The Hall–Kier alpha value is -1.83. The van der Waals surface area contributed by atoms with Crippen LogP contribution in [0.3, 0.4) is 0 Å². The van der Waals surface area contributed by atoms with Crippen LogP contribution in [-0.4, -0.2) is 44.3 Å². The van der Waals surface area contributed by atoms with Crippen molar-refractivity contribution in [3.63, 3.8) is 0 Å². The van der Waals surface area contributed by atoms with E-state index in [1.54, 1.807) is 17.8 Å². The van der Waals surface area contributed by atoms with Crippen LogP contribution in [0.5, 0.6) is 0 Å². The molecule has 0 bridgehead atoms. The molecule has 1 N–H and O–H groups in total. The summed E-state index contributed by atoms with van der Waals surface area (Å²) in [5.41, 5.74) is 0.889. The molecule has 1 aliphatic heterocycles. The normalized spacial score (nSPS) is 17.3. The van der Waals surface area contributed by atoms with E-state index in [1.165, 1.54) is 4.90 Å². The van der Waals surface area contributed by atoms with Crippen LogP contribution in [0, 0.1) is 0 Å². The number of aliphatic carboxylic acids is 1. The van der Waals surface area contributed by atoms with Crippen LogP contribution in [0.1, 0.15) is 12.0 Å². The maximum Gasteiger partial charge on any atom is 0.326 e. The number of hydrogen-bond donors (Lipinski definition) is 1. The van der Waals surface area contributed by atoms with Gasteiger partial charge in [-0.1, -0.05) is 60.4 Å². The Morgan fingerprint density at radius 2 is 2.04 bits per heavy atom. The summed E-state index contributed by atoms with van der Waals surface area (Å²) in [6.07, 6.45) is 4.05. The number of rotatable bonds is 6. The lowest BCUT2D eigenvalue weighted by atomic mass is 10.1. The Labute approximate surface area is 165 Å². The lowest BCUT2D eigenvalue weighted by Gasteiger charge is -2.22. The Morgan fingerprint density at radius 3 is 2.73 bits per heavy atom. The van der Waals surface area contributed by atoms with Crippen LogP contribution in [0.15, 0.2) is 47.4 Å². The molecule has 0 aliphatic carbocycles. The maximum absolute atomic E-state index is 12.8. The minimum absolute atomic E-state index is 0.301. The average Bonchev–Trinajstić information content (AvgIpc) is 2.89. The van der Waals surface area contributed by atoms with E-state index in [-0.39, 0.29) is 5.91 Å². The number of fused-ring (bicyclic) bond motifs is 1. The molecular formula is C19H17NO3S3. The van der Waals surface area contributed by atoms with E-state index < -0.39 is 12.0 Å². The third kappa shape index (κ3) is 3.95. The van der Waals surface area contributed by atoms with Gasteiger partial charge in [-0.15, -0.1) is 0 Å². The zero-order valence-corrected chi connectivity index (χ0v) is 16.5. The van der Waals surface area contributed by atoms with E-state index in [0.717, 1.165) is 28.1 Å². The lowest BCUT2D eigenvalue weighted by Crippen LogP contribution is -2.44. The van der Waals surface area contributed by atoms with Crippen LogP contribution in [0.4, 0.5) is 0 Å². The van der Waals surface area contributed by atoms with Gasteiger partial charge < -0.3 is 5.11 Å². The monoisotopic (exact) mass is 403 g/mol. The third-order valence-corrected chi connectivity index (χ3v) is 6.06. The first kappa shape index (κ1) is 18.9. The number of thioether (sulfide) groups is 2. The molecule has 1 heterocycles. The topological polar surface area (TPSA) is 57.6 Å². The zero-order chi connectivity index (χ0) is 18.7. The Bertz CT molecular complexity index is 910. The number of carboxylic acid groups (broad SMARTS) is 1. The summed E-state index contributed by atoms with van der Waals surface area (Å²) >= 11 is 8.00. The molecule has 1 aliphatic rings. The van der Waals surface area contributed by atoms with Crippen molar-refractivity contribution in [2.24, 2.45) is 0 Å². The van der Waals surface area contributed by atoms with Gasteiger partial charge in [-0.3, -0.25) is 9.69 Å². The molecule has 0 aromatic heterocycles. The molecule has 4 nitrogen and oxygen atoms in total. The molecule has 1 atom stereocenters. The Kier molecular flexibility index (Phi) is 6.01. The van der Waals surface area contributed by atoms with Crippen molar-refractivity contribution in [3.8, 4) is 0 Å². The van der Waals surface area contributed by atoms with Gasteiger partial charge in [-0.2, -0.15) is 11.8 Å². The number of nitrogens with zero attached hydrogens (tertiary/aromatic N) is 1. The first-order valence-electron chi connectivity index (χ1n) is 7.99. The van der Waals surface area contributed by atoms with Crippen molar-refractivity contribution < 1.29 is 14.7 Å². The first-order valence-corrected chi connectivity index (χ1v) is 10.6. The Morgan fingerprint density at radius 1 is 1.31 bits per heavy atom. The second-order valence-corrected chi connectivity index (χ2v) is 8.46. The van der Waals surface area contributed by atoms with Gasteiger partial charge in [0.15, 0.2) is 0 Å². The molecule has 2 aromatic rings. The highest BCUT2D eigenvalue weighted by Gasteiger charge is 2.40. The van der Waals surface area contributed by atoms with Crippen molar-refractivity contribution in [1.29, 1.82) is 0 Å². The average molecular weight is 404 g/mol. The number of thiocarbonyl (C=S) groups is 1. The van der Waals surface area contributed by atoms with Crippen molar-refractivity contribution in [1.82, 2.24) is 4.90 Å². The number of hydrogen-bond acceptors (Lipinski definition) is 5. The van der Waals surface area contributed by atoms with Gasteiger partial charge in [0.05, 0.1) is 4.91 Å². The van der Waals surface area contributed by atoms with Crippen LogP contribution in [0.2, 0.25) is 0 Å². The molecule has 0 saturated carbocycles. The van der Waals surface area contributed by atoms with Gasteiger partial charge in [-0.05, 0) is 46.9 Å². The number of benzene rings is 2. The van der Waals surface area contributed by atoms with E-state index in [0.29, 0.717) is 21.4 Å². The highest BCUT2D eigenvalue weighted by atomic mass is 32.2. The summed E-state index contributed by atoms with van der Waals surface area (Å²) in [7, 11) is 0. The molecule has 2 aromatic carbocycles. The molecule has 1 saturated heterocycles. The SMILES string of the molecule is CSCC[C@H](C(=O)O)N1C(=O)/C(=C\c2ccc3ccccc3c2)SC1=S. The Balaban J connectivity index is 1.89. The highest BCUT2D eigenvalue weighted by molar-refractivity contribution is 8.26. The van der Waals surface area contributed by atoms with Crippen molar-refractivity contribution in [2.45, 2.75) is 12.5 Å². The predicted octanol–water partition coefficient (Wildman–Crippen LogP) is 4.25. The van der Waals surface area contributed by atoms with Crippen LogP contribution in [0.25, 0.3) is 16.8 Å². The first-order chi connectivity index (χ1) is 12.5. The fourth-order valence-corrected chi connectivity index (χ4v) is 4.61. The van der Waals surface area contributed by atoms with Gasteiger partial charge >= 0.3 is 5.97 Å². The molecule has 26 heavy (non-hydrogen) atoms. The standard InChI is InChI=1S/C19H17NO3S3/c1-25-9-8-15(18(22)23)20-17(21)16(26-19(20)24)11-12-6-7-13-4-2-3-5-14(13)10-12/h2-7,10-11,15H,8-9H2,1H3,(H,22,23)/b16-11+/t15-/m1/s1. The van der Waals surface area contributed by atoms with Crippen molar-refractivity contribution >= 4 is 68.8 Å². The molecule has 0 radical (unpaired) electrons. The smallest absolute Gasteiger partial charge is 0.326 e. The lowest BCUT2D eigenvalue weighted by molar-refractivity contribution is -0.145. The van der Waals surface area contributed by atoms with Gasteiger partial charge in [0.1, 0.15) is 10.4 Å². The fourth-order valence-electron chi connectivity index (χ4n) is 2.79. The maximum atomic E-state index is 12.8. The molecular weight excluding hydrogens is 386 g/mol. The minimum Gasteiger partial charge on any atom is -0.480 e. The molecule has 1 amide bonds. The predicted molar refractivity (Wildman–Crippen MR) is 113 cm³/mol. The van der Waals surface area contributed by atoms with Gasteiger partial charge in [0.25, 0.3) is 5.91 Å². The molecule has 134 valence electrons. The van der Waals surface area contributed by atoms with Crippen LogP contribution in [-0.2, 0) is 9.59 Å². The summed E-state index contributed by atoms with van der Waals surface area (Å²) in [6.45, 7) is 0. The number of carbonyl (C=O) groups is 2. The summed E-state index contributed by atoms with van der Waals surface area (Å²) in [5.74, 6) is -0.707. The summed E-state index contributed by atoms with van der Waals surface area (Å²) < 4.78 is 0.301. The summed E-state index contributed by atoms with van der Waals surface area (Å²) in [4.78, 5) is 26.1. The third-order valence-electron chi connectivity index (χ3n) is 4.09. The van der Waals surface area contributed by atoms with Crippen LogP contribution < -0.4 is 0 Å². The zero-order valence-electron chi connectivity index (χ0n) is 14.0. The van der Waals surface area contributed by atoms with Gasteiger partial charge in [0.2, 0.25) is 0 Å².